The minimum Gasteiger partial charge on any atom is -0.313 e. The molecule has 1 nitrogen and oxygen atoms in total. The summed E-state index contributed by atoms with van der Waals surface area (Å²) < 4.78 is 1.28. The molecule has 74 valence electrons. The largest absolute Gasteiger partial charge is 0.313 e. The van der Waals surface area contributed by atoms with Crippen LogP contribution in [0.4, 0.5) is 0 Å². The molecule has 2 heteroatoms. The second-order valence-corrected chi connectivity index (χ2v) is 5.44. The molecule has 1 aromatic carbocycles. The summed E-state index contributed by atoms with van der Waals surface area (Å²) in [6, 6.07) is 9.47. The van der Waals surface area contributed by atoms with Crippen LogP contribution in [0, 0.1) is 0 Å². The van der Waals surface area contributed by atoms with Crippen LogP contribution in [0.5, 0.6) is 0 Å². The second kappa shape index (κ2) is 3.07. The lowest BCUT2D eigenvalue weighted by Gasteiger charge is -2.27. The number of halogens is 1. The molecule has 0 amide bonds. The Balaban J connectivity index is 2.06. The monoisotopic (exact) mass is 251 g/mol. The highest BCUT2D eigenvalue weighted by Crippen LogP contribution is 2.47. The van der Waals surface area contributed by atoms with Crippen molar-refractivity contribution in [3.8, 4) is 0 Å². The third kappa shape index (κ3) is 1.17. The topological polar surface area (TPSA) is 12.0 Å². The summed E-state index contributed by atoms with van der Waals surface area (Å²) in [4.78, 5) is 0. The van der Waals surface area contributed by atoms with E-state index < -0.39 is 0 Å². The maximum atomic E-state index is 3.67. The predicted molar refractivity (Wildman–Crippen MR) is 61.5 cm³/mol. The van der Waals surface area contributed by atoms with Crippen molar-refractivity contribution in [2.45, 2.75) is 30.7 Å². The molecular weight excluding hydrogens is 238 g/mol. The van der Waals surface area contributed by atoms with Gasteiger partial charge in [-0.1, -0.05) is 34.1 Å². The first kappa shape index (κ1) is 8.93. The van der Waals surface area contributed by atoms with Crippen LogP contribution >= 0.6 is 15.9 Å². The SMILES string of the molecule is Brc1ccccc1C12CCC(C1)NC2. The molecule has 3 rings (SSSR count). The number of fused-ring (bicyclic) bond motifs is 2. The number of benzene rings is 1. The molecule has 1 saturated carbocycles. The van der Waals surface area contributed by atoms with Gasteiger partial charge in [0.2, 0.25) is 0 Å². The molecule has 1 aliphatic heterocycles. The Hall–Kier alpha value is -0.340. The van der Waals surface area contributed by atoms with E-state index in [1.165, 1.54) is 35.8 Å². The van der Waals surface area contributed by atoms with E-state index in [2.05, 4.69) is 45.5 Å². The molecule has 1 aliphatic carbocycles. The average Bonchev–Trinajstić information content (AvgIpc) is 2.79. The van der Waals surface area contributed by atoms with Gasteiger partial charge in [-0.25, -0.2) is 0 Å². The molecule has 1 aromatic rings. The highest BCUT2D eigenvalue weighted by Gasteiger charge is 2.46. The molecule has 0 radical (unpaired) electrons. The Bertz CT molecular complexity index is 353. The fourth-order valence-corrected chi connectivity index (χ4v) is 3.74. The summed E-state index contributed by atoms with van der Waals surface area (Å²) in [5, 5.41) is 3.60. The lowest BCUT2D eigenvalue weighted by atomic mass is 9.80. The quantitative estimate of drug-likeness (QED) is 0.810. The third-order valence-electron chi connectivity index (χ3n) is 3.78. The van der Waals surface area contributed by atoms with Crippen molar-refractivity contribution in [1.82, 2.24) is 5.32 Å². The summed E-state index contributed by atoms with van der Waals surface area (Å²) >= 11 is 3.67. The fourth-order valence-electron chi connectivity index (χ4n) is 3.03. The zero-order chi connectivity index (χ0) is 9.60. The van der Waals surface area contributed by atoms with Gasteiger partial charge in [0.15, 0.2) is 0 Å². The molecule has 2 unspecified atom stereocenters. The standard InChI is InChI=1S/C12H14BrN/c13-11-4-2-1-3-10(11)12-6-5-9(7-12)14-8-12/h1-4,9,14H,5-8H2. The third-order valence-corrected chi connectivity index (χ3v) is 4.47. The summed E-state index contributed by atoms with van der Waals surface area (Å²) in [5.41, 5.74) is 1.94. The number of rotatable bonds is 1. The van der Waals surface area contributed by atoms with E-state index in [0.717, 1.165) is 6.04 Å². The van der Waals surface area contributed by atoms with Gasteiger partial charge >= 0.3 is 0 Å². The van der Waals surface area contributed by atoms with Crippen LogP contribution in [0.2, 0.25) is 0 Å². The summed E-state index contributed by atoms with van der Waals surface area (Å²) in [7, 11) is 0. The Labute approximate surface area is 93.0 Å². The van der Waals surface area contributed by atoms with Crippen molar-refractivity contribution in [2.24, 2.45) is 0 Å². The van der Waals surface area contributed by atoms with E-state index in [1.54, 1.807) is 0 Å². The predicted octanol–water partition coefficient (Wildman–Crippen LogP) is 2.84. The first-order valence-corrected chi connectivity index (χ1v) is 6.08. The fraction of sp³-hybridized carbons (Fsp3) is 0.500. The van der Waals surface area contributed by atoms with E-state index in [9.17, 15) is 0 Å². The second-order valence-electron chi connectivity index (χ2n) is 4.58. The van der Waals surface area contributed by atoms with Gasteiger partial charge in [-0.3, -0.25) is 0 Å². The molecule has 2 fully saturated rings. The lowest BCUT2D eigenvalue weighted by molar-refractivity contribution is 0.437. The number of hydrogen-bond donors (Lipinski definition) is 1. The van der Waals surface area contributed by atoms with Gasteiger partial charge in [0.05, 0.1) is 0 Å². The Kier molecular flexibility index (Phi) is 1.96. The van der Waals surface area contributed by atoms with Crippen molar-refractivity contribution in [3.05, 3.63) is 34.3 Å². The zero-order valence-corrected chi connectivity index (χ0v) is 9.68. The Morgan fingerprint density at radius 3 is 2.79 bits per heavy atom. The van der Waals surface area contributed by atoms with Gasteiger partial charge in [0, 0.05) is 22.5 Å². The van der Waals surface area contributed by atoms with Crippen LogP contribution in [0.3, 0.4) is 0 Å². The number of nitrogens with one attached hydrogen (secondary N) is 1. The zero-order valence-electron chi connectivity index (χ0n) is 8.09. The Morgan fingerprint density at radius 1 is 1.36 bits per heavy atom. The maximum Gasteiger partial charge on any atom is 0.0213 e. The normalized spacial score (nSPS) is 35.1. The molecule has 2 aliphatic rings. The molecule has 1 saturated heterocycles. The van der Waals surface area contributed by atoms with E-state index in [1.807, 2.05) is 0 Å². The van der Waals surface area contributed by atoms with Crippen LogP contribution in [-0.4, -0.2) is 12.6 Å². The minimum absolute atomic E-state index is 0.435. The molecule has 1 heterocycles. The first-order chi connectivity index (χ1) is 6.80. The van der Waals surface area contributed by atoms with Crippen molar-refractivity contribution in [2.75, 3.05) is 6.54 Å². The number of piperidine rings is 1. The smallest absolute Gasteiger partial charge is 0.0213 e. The van der Waals surface area contributed by atoms with Crippen LogP contribution in [0.15, 0.2) is 28.7 Å². The van der Waals surface area contributed by atoms with Crippen LogP contribution in [0.25, 0.3) is 0 Å². The lowest BCUT2D eigenvalue weighted by Crippen LogP contribution is -2.32. The molecule has 1 N–H and O–H groups in total. The van der Waals surface area contributed by atoms with Crippen molar-refractivity contribution in [1.29, 1.82) is 0 Å². The molecule has 0 spiro atoms. The van der Waals surface area contributed by atoms with Gasteiger partial charge in [0.25, 0.3) is 0 Å². The van der Waals surface area contributed by atoms with E-state index in [4.69, 9.17) is 0 Å². The highest BCUT2D eigenvalue weighted by atomic mass is 79.9. The first-order valence-electron chi connectivity index (χ1n) is 5.29. The molecule has 2 bridgehead atoms. The van der Waals surface area contributed by atoms with Crippen LogP contribution < -0.4 is 5.32 Å². The van der Waals surface area contributed by atoms with Gasteiger partial charge in [-0.2, -0.15) is 0 Å². The van der Waals surface area contributed by atoms with Gasteiger partial charge in [-0.05, 0) is 30.9 Å². The molecule has 2 atom stereocenters. The Morgan fingerprint density at radius 2 is 2.21 bits per heavy atom. The maximum absolute atomic E-state index is 3.67. The number of hydrogen-bond acceptors (Lipinski definition) is 1. The van der Waals surface area contributed by atoms with Gasteiger partial charge in [-0.15, -0.1) is 0 Å². The average molecular weight is 252 g/mol. The van der Waals surface area contributed by atoms with Crippen molar-refractivity contribution < 1.29 is 0 Å². The molecule has 0 aromatic heterocycles. The van der Waals surface area contributed by atoms with Gasteiger partial charge in [0.1, 0.15) is 0 Å². The van der Waals surface area contributed by atoms with E-state index in [-0.39, 0.29) is 0 Å². The van der Waals surface area contributed by atoms with Crippen molar-refractivity contribution in [3.63, 3.8) is 0 Å². The molecule has 14 heavy (non-hydrogen) atoms. The van der Waals surface area contributed by atoms with E-state index in [0.29, 0.717) is 5.41 Å². The van der Waals surface area contributed by atoms with Gasteiger partial charge < -0.3 is 5.32 Å². The van der Waals surface area contributed by atoms with Crippen molar-refractivity contribution >= 4 is 15.9 Å². The summed E-state index contributed by atoms with van der Waals surface area (Å²) in [6.45, 7) is 1.17. The minimum atomic E-state index is 0.435. The summed E-state index contributed by atoms with van der Waals surface area (Å²) in [5.74, 6) is 0. The van der Waals surface area contributed by atoms with Crippen LogP contribution in [0.1, 0.15) is 24.8 Å². The highest BCUT2D eigenvalue weighted by molar-refractivity contribution is 9.10. The van der Waals surface area contributed by atoms with Crippen LogP contribution in [-0.2, 0) is 5.41 Å². The summed E-state index contributed by atoms with van der Waals surface area (Å²) in [6.07, 6.45) is 4.03. The molecular formula is C12H14BrN. The van der Waals surface area contributed by atoms with E-state index >= 15 is 0 Å².